The number of aliphatic hydroxyl groups is 1. The normalized spacial score (nSPS) is 11.6. The third-order valence-electron chi connectivity index (χ3n) is 3.79. The minimum atomic E-state index is -4.79. The van der Waals surface area contributed by atoms with Crippen LogP contribution in [-0.2, 0) is 6.54 Å². The molecule has 0 atom stereocenters. The number of benzene rings is 1. The van der Waals surface area contributed by atoms with Gasteiger partial charge in [-0.15, -0.1) is 13.2 Å². The molecule has 8 nitrogen and oxygen atoms in total. The molecule has 3 aromatic rings. The SMILES string of the molecule is NCc1nn(-c2ccc(OC(F)(F)F)cc2)c2nccc(C(=O)NCCO)c12. The van der Waals surface area contributed by atoms with Crippen molar-refractivity contribution < 1.29 is 27.8 Å². The van der Waals surface area contributed by atoms with Gasteiger partial charge in [-0.25, -0.2) is 9.67 Å². The van der Waals surface area contributed by atoms with Crippen LogP contribution in [0, 0.1) is 0 Å². The second kappa shape index (κ2) is 7.82. The summed E-state index contributed by atoms with van der Waals surface area (Å²) < 4.78 is 42.2. The zero-order valence-corrected chi connectivity index (χ0v) is 14.4. The maximum atomic E-state index is 12.4. The number of alkyl halides is 3. The van der Waals surface area contributed by atoms with Gasteiger partial charge < -0.3 is 20.9 Å². The van der Waals surface area contributed by atoms with Crippen LogP contribution in [0.25, 0.3) is 16.7 Å². The summed E-state index contributed by atoms with van der Waals surface area (Å²) in [5, 5.41) is 16.2. The van der Waals surface area contributed by atoms with Gasteiger partial charge >= 0.3 is 6.36 Å². The molecular weight excluding hydrogens is 379 g/mol. The number of carbonyl (C=O) groups is 1. The molecule has 0 bridgehead atoms. The fourth-order valence-corrected chi connectivity index (χ4v) is 2.68. The average molecular weight is 395 g/mol. The fraction of sp³-hybridized carbons (Fsp3) is 0.235. The van der Waals surface area contributed by atoms with Gasteiger partial charge in [0.1, 0.15) is 5.75 Å². The van der Waals surface area contributed by atoms with Gasteiger partial charge in [-0.05, 0) is 30.3 Å². The van der Waals surface area contributed by atoms with Crippen LogP contribution >= 0.6 is 0 Å². The highest BCUT2D eigenvalue weighted by molar-refractivity contribution is 6.06. The van der Waals surface area contributed by atoms with Crippen molar-refractivity contribution in [3.8, 4) is 11.4 Å². The van der Waals surface area contributed by atoms with Crippen molar-refractivity contribution in [2.24, 2.45) is 5.73 Å². The number of hydrogen-bond donors (Lipinski definition) is 3. The Morgan fingerprint density at radius 3 is 2.57 bits per heavy atom. The molecule has 1 aromatic carbocycles. The summed E-state index contributed by atoms with van der Waals surface area (Å²) in [5.41, 5.74) is 7.16. The number of nitrogens with zero attached hydrogens (tertiary/aromatic N) is 3. The molecule has 2 heterocycles. The zero-order chi connectivity index (χ0) is 20.3. The van der Waals surface area contributed by atoms with Crippen LogP contribution in [0.4, 0.5) is 13.2 Å². The van der Waals surface area contributed by atoms with E-state index in [1.165, 1.54) is 29.1 Å². The number of fused-ring (bicyclic) bond motifs is 1. The monoisotopic (exact) mass is 395 g/mol. The van der Waals surface area contributed by atoms with Crippen molar-refractivity contribution in [3.63, 3.8) is 0 Å². The van der Waals surface area contributed by atoms with Gasteiger partial charge in [0, 0.05) is 19.3 Å². The summed E-state index contributed by atoms with van der Waals surface area (Å²) >= 11 is 0. The summed E-state index contributed by atoms with van der Waals surface area (Å²) in [4.78, 5) is 16.6. The van der Waals surface area contributed by atoms with Crippen molar-refractivity contribution in [1.82, 2.24) is 20.1 Å². The number of aromatic nitrogens is 3. The Kier molecular flexibility index (Phi) is 5.47. The Hall–Kier alpha value is -3.18. The molecule has 4 N–H and O–H groups in total. The number of amides is 1. The van der Waals surface area contributed by atoms with E-state index in [0.717, 1.165) is 12.1 Å². The van der Waals surface area contributed by atoms with E-state index in [-0.39, 0.29) is 31.0 Å². The van der Waals surface area contributed by atoms with Crippen LogP contribution in [0.5, 0.6) is 5.75 Å². The first-order valence-electron chi connectivity index (χ1n) is 8.16. The molecule has 11 heteroatoms. The second-order valence-corrected chi connectivity index (χ2v) is 5.64. The third-order valence-corrected chi connectivity index (χ3v) is 3.79. The molecule has 1 amide bonds. The lowest BCUT2D eigenvalue weighted by Gasteiger charge is -2.09. The molecule has 148 valence electrons. The Morgan fingerprint density at radius 2 is 1.96 bits per heavy atom. The summed E-state index contributed by atoms with van der Waals surface area (Å²) in [6, 6.07) is 6.56. The van der Waals surface area contributed by atoms with E-state index in [1.807, 2.05) is 0 Å². The van der Waals surface area contributed by atoms with E-state index in [2.05, 4.69) is 20.1 Å². The van der Waals surface area contributed by atoms with Crippen LogP contribution < -0.4 is 15.8 Å². The average Bonchev–Trinajstić information content (AvgIpc) is 3.04. The van der Waals surface area contributed by atoms with Crippen LogP contribution in [-0.4, -0.2) is 45.3 Å². The number of aliphatic hydroxyl groups excluding tert-OH is 1. The first-order chi connectivity index (χ1) is 13.3. The zero-order valence-electron chi connectivity index (χ0n) is 14.4. The van der Waals surface area contributed by atoms with Gasteiger partial charge in [0.15, 0.2) is 5.65 Å². The first kappa shape index (κ1) is 19.6. The quantitative estimate of drug-likeness (QED) is 0.583. The molecule has 0 aliphatic heterocycles. The number of halogens is 3. The largest absolute Gasteiger partial charge is 0.573 e. The van der Waals surface area contributed by atoms with Crippen molar-refractivity contribution in [2.75, 3.05) is 13.2 Å². The summed E-state index contributed by atoms with van der Waals surface area (Å²) in [7, 11) is 0. The summed E-state index contributed by atoms with van der Waals surface area (Å²) in [6.45, 7) is -0.116. The maximum absolute atomic E-state index is 12.4. The second-order valence-electron chi connectivity index (χ2n) is 5.64. The lowest BCUT2D eigenvalue weighted by molar-refractivity contribution is -0.274. The van der Waals surface area contributed by atoms with Gasteiger partial charge in [-0.2, -0.15) is 5.10 Å². The molecule has 0 spiro atoms. The van der Waals surface area contributed by atoms with Gasteiger partial charge in [0.05, 0.1) is 28.9 Å². The van der Waals surface area contributed by atoms with E-state index in [9.17, 15) is 18.0 Å². The van der Waals surface area contributed by atoms with Crippen molar-refractivity contribution in [3.05, 3.63) is 47.8 Å². The topological polar surface area (TPSA) is 115 Å². The molecule has 0 saturated carbocycles. The smallest absolute Gasteiger partial charge is 0.406 e. The van der Waals surface area contributed by atoms with Gasteiger partial charge in [-0.3, -0.25) is 4.79 Å². The molecule has 0 fully saturated rings. The Bertz CT molecular complexity index is 986. The molecule has 2 aromatic heterocycles. The highest BCUT2D eigenvalue weighted by Gasteiger charge is 2.31. The van der Waals surface area contributed by atoms with Crippen molar-refractivity contribution in [1.29, 1.82) is 0 Å². The molecule has 28 heavy (non-hydrogen) atoms. The lowest BCUT2D eigenvalue weighted by atomic mass is 10.1. The molecule has 0 unspecified atom stereocenters. The van der Waals surface area contributed by atoms with Crippen LogP contribution in [0.1, 0.15) is 16.1 Å². The number of ether oxygens (including phenoxy) is 1. The number of nitrogens with one attached hydrogen (secondary N) is 1. The van der Waals surface area contributed by atoms with Crippen LogP contribution in [0.2, 0.25) is 0 Å². The van der Waals surface area contributed by atoms with Gasteiger partial charge in [0.25, 0.3) is 5.91 Å². The van der Waals surface area contributed by atoms with Crippen LogP contribution in [0.3, 0.4) is 0 Å². The summed E-state index contributed by atoms with van der Waals surface area (Å²) in [5.74, 6) is -0.798. The Labute approximate surface area is 156 Å². The molecular formula is C17H16F3N5O3. The highest BCUT2D eigenvalue weighted by Crippen LogP contribution is 2.27. The molecule has 0 aliphatic carbocycles. The highest BCUT2D eigenvalue weighted by atomic mass is 19.4. The van der Waals surface area contributed by atoms with Crippen molar-refractivity contribution >= 4 is 16.9 Å². The number of carbonyl (C=O) groups excluding carboxylic acids is 1. The molecule has 0 saturated heterocycles. The van der Waals surface area contributed by atoms with Crippen LogP contribution in [0.15, 0.2) is 36.5 Å². The van der Waals surface area contributed by atoms with E-state index in [1.54, 1.807) is 0 Å². The maximum Gasteiger partial charge on any atom is 0.573 e. The predicted molar refractivity (Wildman–Crippen MR) is 92.9 cm³/mol. The third kappa shape index (κ3) is 4.05. The van der Waals surface area contributed by atoms with E-state index < -0.39 is 12.3 Å². The lowest BCUT2D eigenvalue weighted by Crippen LogP contribution is -2.26. The number of nitrogens with two attached hydrogens (primary N) is 1. The van der Waals surface area contributed by atoms with Gasteiger partial charge in [0.2, 0.25) is 0 Å². The van der Waals surface area contributed by atoms with E-state index in [4.69, 9.17) is 10.8 Å². The minimum Gasteiger partial charge on any atom is -0.406 e. The summed E-state index contributed by atoms with van der Waals surface area (Å²) in [6.07, 6.45) is -3.37. The van der Waals surface area contributed by atoms with Crippen molar-refractivity contribution in [2.45, 2.75) is 12.9 Å². The Morgan fingerprint density at radius 1 is 1.25 bits per heavy atom. The van der Waals surface area contributed by atoms with E-state index in [0.29, 0.717) is 22.4 Å². The number of pyridine rings is 1. The predicted octanol–water partition coefficient (Wildman–Crippen LogP) is 1.50. The number of hydrogen-bond acceptors (Lipinski definition) is 6. The van der Waals surface area contributed by atoms with Gasteiger partial charge in [-0.1, -0.05) is 0 Å². The minimum absolute atomic E-state index is 0.0186. The molecule has 0 aliphatic rings. The molecule has 3 rings (SSSR count). The Balaban J connectivity index is 2.04. The van der Waals surface area contributed by atoms with E-state index >= 15 is 0 Å². The fourth-order valence-electron chi connectivity index (χ4n) is 2.68. The first-order valence-corrected chi connectivity index (χ1v) is 8.16. The standard InChI is InChI=1S/C17H16F3N5O3/c18-17(19,20)28-11-3-1-10(2-4-11)25-15-14(13(9-21)24-25)12(5-6-22-15)16(27)23-7-8-26/h1-6,26H,7-9,21H2,(H,23,27). The number of rotatable bonds is 6. The molecule has 0 radical (unpaired) electrons.